The van der Waals surface area contributed by atoms with Crippen LogP contribution < -0.4 is 9.47 Å². The van der Waals surface area contributed by atoms with E-state index in [0.29, 0.717) is 16.3 Å². The first kappa shape index (κ1) is 14.9. The standard InChI is InChI=1S/C16H12ClNO3/c1-11-8-13(17)6-7-14(11)20-10-16(19)21-15-5-3-2-4-12(15)9-18/h2-8H,10H2,1H3. The van der Waals surface area contributed by atoms with Gasteiger partial charge in [-0.25, -0.2) is 4.79 Å². The van der Waals surface area contributed by atoms with E-state index in [0.717, 1.165) is 5.56 Å². The van der Waals surface area contributed by atoms with Crippen LogP contribution in [0.4, 0.5) is 0 Å². The molecule has 2 aromatic carbocycles. The SMILES string of the molecule is Cc1cc(Cl)ccc1OCC(=O)Oc1ccccc1C#N. The van der Waals surface area contributed by atoms with Gasteiger partial charge in [0.25, 0.3) is 0 Å². The maximum Gasteiger partial charge on any atom is 0.349 e. The largest absolute Gasteiger partial charge is 0.482 e. The van der Waals surface area contributed by atoms with Crippen LogP contribution in [0.15, 0.2) is 42.5 Å². The average Bonchev–Trinajstić information content (AvgIpc) is 2.47. The molecule has 0 unspecified atom stereocenters. The van der Waals surface area contributed by atoms with Gasteiger partial charge in [-0.3, -0.25) is 0 Å². The van der Waals surface area contributed by atoms with Gasteiger partial charge in [-0.05, 0) is 42.8 Å². The number of hydrogen-bond acceptors (Lipinski definition) is 4. The summed E-state index contributed by atoms with van der Waals surface area (Å²) >= 11 is 5.84. The van der Waals surface area contributed by atoms with Crippen LogP contribution in [0.3, 0.4) is 0 Å². The molecule has 0 saturated carbocycles. The minimum absolute atomic E-state index is 0.224. The zero-order chi connectivity index (χ0) is 15.2. The summed E-state index contributed by atoms with van der Waals surface area (Å²) in [5.74, 6) is 0.207. The minimum atomic E-state index is -0.577. The number of carbonyl (C=O) groups is 1. The first-order chi connectivity index (χ1) is 10.1. The quantitative estimate of drug-likeness (QED) is 0.640. The molecule has 106 valence electrons. The molecule has 4 nitrogen and oxygen atoms in total. The molecule has 0 saturated heterocycles. The highest BCUT2D eigenvalue weighted by Gasteiger charge is 2.10. The summed E-state index contributed by atoms with van der Waals surface area (Å²) in [5.41, 5.74) is 1.13. The first-order valence-electron chi connectivity index (χ1n) is 6.19. The highest BCUT2D eigenvalue weighted by molar-refractivity contribution is 6.30. The van der Waals surface area contributed by atoms with E-state index in [1.807, 2.05) is 13.0 Å². The van der Waals surface area contributed by atoms with Crippen LogP contribution in [-0.2, 0) is 4.79 Å². The van der Waals surface area contributed by atoms with Crippen LogP contribution >= 0.6 is 11.6 Å². The second kappa shape index (κ2) is 6.78. The number of ether oxygens (including phenoxy) is 2. The summed E-state index contributed by atoms with van der Waals surface area (Å²) in [6.45, 7) is 1.58. The van der Waals surface area contributed by atoms with E-state index in [1.54, 1.807) is 42.5 Å². The minimum Gasteiger partial charge on any atom is -0.482 e. The van der Waals surface area contributed by atoms with Crippen molar-refractivity contribution in [1.29, 1.82) is 5.26 Å². The lowest BCUT2D eigenvalue weighted by Crippen LogP contribution is -2.18. The lowest BCUT2D eigenvalue weighted by atomic mass is 10.2. The number of rotatable bonds is 4. The maximum absolute atomic E-state index is 11.7. The van der Waals surface area contributed by atoms with E-state index in [4.69, 9.17) is 26.3 Å². The van der Waals surface area contributed by atoms with Gasteiger partial charge < -0.3 is 9.47 Å². The predicted molar refractivity (Wildman–Crippen MR) is 78.5 cm³/mol. The predicted octanol–water partition coefficient (Wildman–Crippen LogP) is 3.50. The molecule has 0 atom stereocenters. The molecule has 0 spiro atoms. The number of hydrogen-bond donors (Lipinski definition) is 0. The molecule has 0 fully saturated rings. The highest BCUT2D eigenvalue weighted by Crippen LogP contribution is 2.22. The van der Waals surface area contributed by atoms with Crippen molar-refractivity contribution in [1.82, 2.24) is 0 Å². The Morgan fingerprint density at radius 2 is 2.00 bits per heavy atom. The molecule has 5 heteroatoms. The summed E-state index contributed by atoms with van der Waals surface area (Å²) in [6, 6.07) is 13.6. The van der Waals surface area contributed by atoms with E-state index < -0.39 is 5.97 Å². The number of benzene rings is 2. The van der Waals surface area contributed by atoms with Crippen LogP contribution in [0.5, 0.6) is 11.5 Å². The summed E-state index contributed by atoms with van der Waals surface area (Å²) in [5, 5.41) is 9.52. The van der Waals surface area contributed by atoms with Crippen molar-refractivity contribution in [2.45, 2.75) is 6.92 Å². The molecule has 0 radical (unpaired) electrons. The Bertz CT molecular complexity index is 707. The average molecular weight is 302 g/mol. The molecule has 0 aliphatic rings. The van der Waals surface area contributed by atoms with Gasteiger partial charge in [-0.15, -0.1) is 0 Å². The van der Waals surface area contributed by atoms with Gasteiger partial charge in [-0.2, -0.15) is 5.26 Å². The van der Waals surface area contributed by atoms with Gasteiger partial charge in [-0.1, -0.05) is 23.7 Å². The van der Waals surface area contributed by atoms with Crippen molar-refractivity contribution in [3.05, 3.63) is 58.6 Å². The van der Waals surface area contributed by atoms with E-state index >= 15 is 0 Å². The molecule has 0 bridgehead atoms. The van der Waals surface area contributed by atoms with Crippen molar-refractivity contribution in [2.75, 3.05) is 6.61 Å². The second-order valence-electron chi connectivity index (χ2n) is 4.28. The molecule has 0 N–H and O–H groups in total. The molecule has 0 heterocycles. The number of nitriles is 1. The Balaban J connectivity index is 1.98. The third-order valence-corrected chi connectivity index (χ3v) is 2.95. The lowest BCUT2D eigenvalue weighted by molar-refractivity contribution is -0.136. The Morgan fingerprint density at radius 3 is 2.71 bits per heavy atom. The van der Waals surface area contributed by atoms with Crippen LogP contribution in [0.25, 0.3) is 0 Å². The van der Waals surface area contributed by atoms with Crippen molar-refractivity contribution in [3.8, 4) is 17.6 Å². The number of carbonyl (C=O) groups excluding carboxylic acids is 1. The molecular formula is C16H12ClNO3. The van der Waals surface area contributed by atoms with Crippen LogP contribution in [0, 0.1) is 18.3 Å². The number of nitrogens with zero attached hydrogens (tertiary/aromatic N) is 1. The van der Waals surface area contributed by atoms with Crippen molar-refractivity contribution in [2.24, 2.45) is 0 Å². The number of aryl methyl sites for hydroxylation is 1. The zero-order valence-corrected chi connectivity index (χ0v) is 12.1. The maximum atomic E-state index is 11.7. The smallest absolute Gasteiger partial charge is 0.349 e. The van der Waals surface area contributed by atoms with Gasteiger partial charge in [0.1, 0.15) is 17.6 Å². The molecule has 0 amide bonds. The van der Waals surface area contributed by atoms with Gasteiger partial charge in [0.2, 0.25) is 0 Å². The van der Waals surface area contributed by atoms with E-state index in [-0.39, 0.29) is 12.4 Å². The van der Waals surface area contributed by atoms with E-state index in [2.05, 4.69) is 0 Å². The summed E-state index contributed by atoms with van der Waals surface area (Å²) < 4.78 is 10.5. The van der Waals surface area contributed by atoms with Crippen molar-refractivity contribution >= 4 is 17.6 Å². The molecular weight excluding hydrogens is 290 g/mol. The van der Waals surface area contributed by atoms with Gasteiger partial charge >= 0.3 is 5.97 Å². The number of esters is 1. The summed E-state index contributed by atoms with van der Waals surface area (Å²) in [7, 11) is 0. The monoisotopic (exact) mass is 301 g/mol. The Morgan fingerprint density at radius 1 is 1.24 bits per heavy atom. The Hall–Kier alpha value is -2.51. The third kappa shape index (κ3) is 3.98. The van der Waals surface area contributed by atoms with Gasteiger partial charge in [0.05, 0.1) is 5.56 Å². The van der Waals surface area contributed by atoms with Gasteiger partial charge in [0.15, 0.2) is 6.61 Å². The zero-order valence-electron chi connectivity index (χ0n) is 11.3. The molecule has 21 heavy (non-hydrogen) atoms. The third-order valence-electron chi connectivity index (χ3n) is 2.71. The van der Waals surface area contributed by atoms with Crippen molar-refractivity contribution < 1.29 is 14.3 Å². The fourth-order valence-electron chi connectivity index (χ4n) is 1.71. The van der Waals surface area contributed by atoms with Gasteiger partial charge in [0, 0.05) is 5.02 Å². The van der Waals surface area contributed by atoms with Crippen LogP contribution in [0.1, 0.15) is 11.1 Å². The number of para-hydroxylation sites is 1. The highest BCUT2D eigenvalue weighted by atomic mass is 35.5. The number of halogens is 1. The van der Waals surface area contributed by atoms with Crippen LogP contribution in [0.2, 0.25) is 5.02 Å². The normalized spacial score (nSPS) is 9.76. The van der Waals surface area contributed by atoms with Crippen molar-refractivity contribution in [3.63, 3.8) is 0 Å². The lowest BCUT2D eigenvalue weighted by Gasteiger charge is -2.09. The molecule has 0 aliphatic carbocycles. The van der Waals surface area contributed by atoms with E-state index in [9.17, 15) is 4.79 Å². The Kier molecular flexibility index (Phi) is 4.81. The molecule has 2 aromatic rings. The van der Waals surface area contributed by atoms with Crippen LogP contribution in [-0.4, -0.2) is 12.6 Å². The Labute approximate surface area is 127 Å². The fraction of sp³-hybridized carbons (Fsp3) is 0.125. The fourth-order valence-corrected chi connectivity index (χ4v) is 1.94. The molecule has 0 aromatic heterocycles. The topological polar surface area (TPSA) is 59.3 Å². The molecule has 2 rings (SSSR count). The van der Waals surface area contributed by atoms with E-state index in [1.165, 1.54) is 0 Å². The summed E-state index contributed by atoms with van der Waals surface area (Å²) in [4.78, 5) is 11.7. The first-order valence-corrected chi connectivity index (χ1v) is 6.56. The molecule has 0 aliphatic heterocycles. The second-order valence-corrected chi connectivity index (χ2v) is 4.72. The summed E-state index contributed by atoms with van der Waals surface area (Å²) in [6.07, 6.45) is 0.